The van der Waals surface area contributed by atoms with Gasteiger partial charge in [0.05, 0.1) is 6.61 Å². The molecule has 1 aliphatic rings. The third-order valence-corrected chi connectivity index (χ3v) is 2.60. The largest absolute Gasteiger partial charge is 0.492 e. The predicted molar refractivity (Wildman–Crippen MR) is 63.2 cm³/mol. The van der Waals surface area contributed by atoms with E-state index in [1.54, 1.807) is 0 Å². The molecule has 0 fully saturated rings. The molecule has 1 N–H and O–H groups in total. The van der Waals surface area contributed by atoms with Crippen molar-refractivity contribution in [3.05, 3.63) is 35.4 Å². The van der Waals surface area contributed by atoms with Gasteiger partial charge >= 0.3 is 0 Å². The van der Waals surface area contributed by atoms with Crippen LogP contribution in [0.5, 0.6) is 5.75 Å². The molecule has 1 aromatic rings. The van der Waals surface area contributed by atoms with Crippen molar-refractivity contribution in [3.8, 4) is 5.75 Å². The summed E-state index contributed by atoms with van der Waals surface area (Å²) in [5.41, 5.74) is 2.55. The summed E-state index contributed by atoms with van der Waals surface area (Å²) in [6.07, 6.45) is 6.45. The maximum absolute atomic E-state index is 5.62. The Kier molecular flexibility index (Phi) is 3.41. The Morgan fingerprint density at radius 2 is 2.40 bits per heavy atom. The summed E-state index contributed by atoms with van der Waals surface area (Å²) < 4.78 is 5.62. The summed E-state index contributed by atoms with van der Waals surface area (Å²) in [5.74, 6) is 1.08. The lowest BCUT2D eigenvalue weighted by Gasteiger charge is -2.03. The first-order valence-electron chi connectivity index (χ1n) is 5.47. The number of ether oxygens (including phenoxy) is 1. The molecule has 0 spiro atoms. The van der Waals surface area contributed by atoms with Crippen molar-refractivity contribution < 1.29 is 4.74 Å². The average Bonchev–Trinajstić information content (AvgIpc) is 2.73. The van der Waals surface area contributed by atoms with Crippen molar-refractivity contribution in [2.45, 2.75) is 12.8 Å². The van der Waals surface area contributed by atoms with Gasteiger partial charge in [0, 0.05) is 12.0 Å². The molecule has 2 nitrogen and oxygen atoms in total. The number of para-hydroxylation sites is 1. The second-order valence-electron chi connectivity index (χ2n) is 3.73. The molecule has 1 heterocycles. The molecule has 1 aromatic carbocycles. The van der Waals surface area contributed by atoms with Crippen LogP contribution in [0, 0.1) is 0 Å². The van der Waals surface area contributed by atoms with Crippen molar-refractivity contribution in [3.63, 3.8) is 0 Å². The number of benzene rings is 1. The molecular weight excluding hydrogens is 186 g/mol. The zero-order chi connectivity index (χ0) is 10.5. The Morgan fingerprint density at radius 1 is 1.47 bits per heavy atom. The smallest absolute Gasteiger partial charge is 0.129 e. The molecule has 0 unspecified atom stereocenters. The third kappa shape index (κ3) is 2.39. The average molecular weight is 203 g/mol. The lowest BCUT2D eigenvalue weighted by Crippen LogP contribution is -2.05. The first-order valence-corrected chi connectivity index (χ1v) is 5.47. The molecule has 0 amide bonds. The number of hydrogen-bond donors (Lipinski definition) is 1. The normalized spacial score (nSPS) is 14.2. The van der Waals surface area contributed by atoms with Crippen LogP contribution in [-0.4, -0.2) is 20.2 Å². The molecule has 0 saturated heterocycles. The fraction of sp³-hybridized carbons (Fsp3) is 0.385. The Hall–Kier alpha value is -1.28. The lowest BCUT2D eigenvalue weighted by atomic mass is 10.1. The van der Waals surface area contributed by atoms with Crippen LogP contribution in [0.1, 0.15) is 17.5 Å². The van der Waals surface area contributed by atoms with Crippen LogP contribution in [0.3, 0.4) is 0 Å². The molecule has 80 valence electrons. The van der Waals surface area contributed by atoms with Crippen LogP contribution in [0.4, 0.5) is 0 Å². The van der Waals surface area contributed by atoms with Gasteiger partial charge in [-0.25, -0.2) is 0 Å². The van der Waals surface area contributed by atoms with E-state index in [4.69, 9.17) is 4.74 Å². The Bertz CT molecular complexity index is 358. The van der Waals surface area contributed by atoms with Crippen LogP contribution in [-0.2, 0) is 6.42 Å². The Morgan fingerprint density at radius 3 is 3.27 bits per heavy atom. The summed E-state index contributed by atoms with van der Waals surface area (Å²) >= 11 is 0. The molecule has 0 bridgehead atoms. The lowest BCUT2D eigenvalue weighted by molar-refractivity contribution is 0.356. The van der Waals surface area contributed by atoms with Gasteiger partial charge < -0.3 is 10.1 Å². The first kappa shape index (κ1) is 10.2. The standard InChI is InChI=1S/C13H17NO/c1-14-9-3-2-5-11-6-4-7-12-8-10-15-13(11)12/h2,4-7,14H,3,8-10H2,1H3/b5-2+. The van der Waals surface area contributed by atoms with E-state index in [1.165, 1.54) is 11.1 Å². The van der Waals surface area contributed by atoms with Gasteiger partial charge in [0.2, 0.25) is 0 Å². The quantitative estimate of drug-likeness (QED) is 0.758. The molecule has 0 atom stereocenters. The Balaban J connectivity index is 2.08. The van der Waals surface area contributed by atoms with Gasteiger partial charge in [0.1, 0.15) is 5.75 Å². The van der Waals surface area contributed by atoms with Gasteiger partial charge in [-0.05, 0) is 25.6 Å². The minimum atomic E-state index is 0.830. The molecule has 0 aliphatic carbocycles. The molecule has 1 aliphatic heterocycles. The van der Waals surface area contributed by atoms with E-state index in [-0.39, 0.29) is 0 Å². The van der Waals surface area contributed by atoms with Crippen molar-refractivity contribution in [2.24, 2.45) is 0 Å². The van der Waals surface area contributed by atoms with Crippen LogP contribution in [0.15, 0.2) is 24.3 Å². The number of rotatable bonds is 4. The maximum Gasteiger partial charge on any atom is 0.129 e. The molecule has 15 heavy (non-hydrogen) atoms. The van der Waals surface area contributed by atoms with E-state index in [2.05, 4.69) is 35.7 Å². The highest BCUT2D eigenvalue weighted by Gasteiger charge is 2.13. The molecule has 0 saturated carbocycles. The topological polar surface area (TPSA) is 21.3 Å². The first-order chi connectivity index (χ1) is 7.42. The predicted octanol–water partition coefficient (Wildman–Crippen LogP) is 2.24. The maximum atomic E-state index is 5.62. The third-order valence-electron chi connectivity index (χ3n) is 2.60. The highest BCUT2D eigenvalue weighted by Crippen LogP contribution is 2.30. The summed E-state index contributed by atoms with van der Waals surface area (Å²) in [5, 5.41) is 3.12. The summed E-state index contributed by atoms with van der Waals surface area (Å²) in [6, 6.07) is 6.36. The van der Waals surface area contributed by atoms with Crippen LogP contribution in [0.2, 0.25) is 0 Å². The fourth-order valence-corrected chi connectivity index (χ4v) is 1.81. The van der Waals surface area contributed by atoms with Gasteiger partial charge in [-0.2, -0.15) is 0 Å². The number of nitrogens with one attached hydrogen (secondary N) is 1. The van der Waals surface area contributed by atoms with Crippen LogP contribution >= 0.6 is 0 Å². The Labute approximate surface area is 91.0 Å². The van der Waals surface area contributed by atoms with Crippen LogP contribution in [0.25, 0.3) is 6.08 Å². The van der Waals surface area contributed by atoms with E-state index in [0.29, 0.717) is 0 Å². The van der Waals surface area contributed by atoms with E-state index < -0.39 is 0 Å². The molecule has 2 heteroatoms. The fourth-order valence-electron chi connectivity index (χ4n) is 1.81. The van der Waals surface area contributed by atoms with Crippen molar-refractivity contribution >= 4 is 6.08 Å². The van der Waals surface area contributed by atoms with Gasteiger partial charge in [0.25, 0.3) is 0 Å². The highest BCUT2D eigenvalue weighted by atomic mass is 16.5. The molecule has 0 aromatic heterocycles. The van der Waals surface area contributed by atoms with E-state index in [9.17, 15) is 0 Å². The van der Waals surface area contributed by atoms with Crippen LogP contribution < -0.4 is 10.1 Å². The minimum absolute atomic E-state index is 0.830. The van der Waals surface area contributed by atoms with Crippen molar-refractivity contribution in [2.75, 3.05) is 20.2 Å². The monoisotopic (exact) mass is 203 g/mol. The van der Waals surface area contributed by atoms with Gasteiger partial charge in [-0.3, -0.25) is 0 Å². The second kappa shape index (κ2) is 4.99. The van der Waals surface area contributed by atoms with E-state index >= 15 is 0 Å². The summed E-state index contributed by atoms with van der Waals surface area (Å²) in [7, 11) is 1.97. The van der Waals surface area contributed by atoms with E-state index in [1.807, 2.05) is 7.05 Å². The number of hydrogen-bond acceptors (Lipinski definition) is 2. The minimum Gasteiger partial charge on any atom is -0.492 e. The zero-order valence-electron chi connectivity index (χ0n) is 9.12. The SMILES string of the molecule is CNCC/C=C/c1cccc2c1OCC2. The second-order valence-corrected chi connectivity index (χ2v) is 3.73. The van der Waals surface area contributed by atoms with Gasteiger partial charge in [0.15, 0.2) is 0 Å². The van der Waals surface area contributed by atoms with E-state index in [0.717, 1.165) is 31.7 Å². The van der Waals surface area contributed by atoms with Crippen molar-refractivity contribution in [1.82, 2.24) is 5.32 Å². The van der Waals surface area contributed by atoms with Gasteiger partial charge in [-0.15, -0.1) is 0 Å². The number of fused-ring (bicyclic) bond motifs is 1. The molecular formula is C13H17NO. The van der Waals surface area contributed by atoms with Crippen molar-refractivity contribution in [1.29, 1.82) is 0 Å². The summed E-state index contributed by atoms with van der Waals surface area (Å²) in [4.78, 5) is 0. The highest BCUT2D eigenvalue weighted by molar-refractivity contribution is 5.60. The van der Waals surface area contributed by atoms with Gasteiger partial charge in [-0.1, -0.05) is 30.4 Å². The molecule has 2 rings (SSSR count). The molecule has 0 radical (unpaired) electrons. The summed E-state index contributed by atoms with van der Waals surface area (Å²) in [6.45, 7) is 1.85. The zero-order valence-corrected chi connectivity index (χ0v) is 9.12.